The van der Waals surface area contributed by atoms with Gasteiger partial charge in [0, 0.05) is 18.2 Å². The topological polar surface area (TPSA) is 135 Å². The third-order valence-electron chi connectivity index (χ3n) is 3.96. The molecule has 0 bridgehead atoms. The van der Waals surface area contributed by atoms with Crippen LogP contribution in [0.4, 0.5) is 5.69 Å². The maximum Gasteiger partial charge on any atom is 0.271 e. The van der Waals surface area contributed by atoms with Gasteiger partial charge in [0.15, 0.2) is 6.61 Å². The number of rotatable bonds is 6. The molecule has 1 N–H and O–H groups in total. The first-order valence-corrected chi connectivity index (χ1v) is 7.97. The average molecular weight is 371 g/mol. The molecule has 0 unspecified atom stereocenters. The lowest BCUT2D eigenvalue weighted by Gasteiger charge is -2.18. The first-order valence-electron chi connectivity index (χ1n) is 7.97. The van der Waals surface area contributed by atoms with Crippen LogP contribution in [0.2, 0.25) is 0 Å². The van der Waals surface area contributed by atoms with Gasteiger partial charge < -0.3 is 9.84 Å². The van der Waals surface area contributed by atoms with Crippen molar-refractivity contribution in [3.63, 3.8) is 0 Å². The Labute approximate surface area is 154 Å². The Morgan fingerprint density at radius 1 is 1.37 bits per heavy atom. The summed E-state index contributed by atoms with van der Waals surface area (Å²) in [6.45, 7) is 4.20. The predicted octanol–water partition coefficient (Wildman–Crippen LogP) is 2.48. The second-order valence-corrected chi connectivity index (χ2v) is 6.04. The maximum atomic E-state index is 12.6. The quantitative estimate of drug-likeness (QED) is 0.468. The van der Waals surface area contributed by atoms with Crippen molar-refractivity contribution >= 4 is 11.5 Å². The van der Waals surface area contributed by atoms with E-state index in [0.29, 0.717) is 0 Å². The number of nitro benzene ring substituents is 1. The molecule has 0 aliphatic rings. The molecule has 9 nitrogen and oxygen atoms in total. The summed E-state index contributed by atoms with van der Waals surface area (Å²) < 4.78 is 6.29. The lowest BCUT2D eigenvalue weighted by Crippen LogP contribution is -2.28. The van der Waals surface area contributed by atoms with E-state index < -0.39 is 34.8 Å². The van der Waals surface area contributed by atoms with Gasteiger partial charge in [-0.3, -0.25) is 24.3 Å². The number of nitrogens with zero attached hydrogens (tertiary/aromatic N) is 3. The minimum absolute atomic E-state index is 0.0780. The average Bonchev–Trinajstić information content (AvgIpc) is 2.60. The molecule has 0 amide bonds. The Hall–Kier alpha value is -3.67. The van der Waals surface area contributed by atoms with Gasteiger partial charge in [-0.25, -0.2) is 0 Å². The molecule has 0 atom stereocenters. The van der Waals surface area contributed by atoms with Crippen LogP contribution in [0.15, 0.2) is 29.1 Å². The number of Topliss-reactive ketones (excluding diaryl/α,β-unsaturated/α-hetero) is 1. The van der Waals surface area contributed by atoms with Crippen LogP contribution in [-0.2, 0) is 0 Å². The number of carbonyl (C=O) groups excluding carboxylic acids is 1. The standard InChI is InChI=1S/C18H17N3O6/c1-10(2)20-17(23)14(8-19)11(3)16(18(20)24)15(22)9-27-13-6-4-12(5-7-13)21(25)26/h4-7,10,24H,9H2,1-3H3. The molecule has 1 aromatic heterocycles. The van der Waals surface area contributed by atoms with E-state index in [0.717, 1.165) is 4.57 Å². The summed E-state index contributed by atoms with van der Waals surface area (Å²) in [5, 5.41) is 30.3. The summed E-state index contributed by atoms with van der Waals surface area (Å²) in [6.07, 6.45) is 0. The summed E-state index contributed by atoms with van der Waals surface area (Å²) >= 11 is 0. The highest BCUT2D eigenvalue weighted by atomic mass is 16.6. The number of nitro groups is 1. The van der Waals surface area contributed by atoms with Gasteiger partial charge in [0.2, 0.25) is 11.7 Å². The van der Waals surface area contributed by atoms with Crippen molar-refractivity contribution in [2.45, 2.75) is 26.8 Å². The van der Waals surface area contributed by atoms with Gasteiger partial charge in [0.05, 0.1) is 10.5 Å². The third-order valence-corrected chi connectivity index (χ3v) is 3.96. The summed E-state index contributed by atoms with van der Waals surface area (Å²) in [5.74, 6) is -0.929. The summed E-state index contributed by atoms with van der Waals surface area (Å²) in [4.78, 5) is 35.0. The number of non-ortho nitro benzene ring substituents is 1. The number of aromatic hydroxyl groups is 1. The largest absolute Gasteiger partial charge is 0.494 e. The van der Waals surface area contributed by atoms with Crippen molar-refractivity contribution in [3.05, 3.63) is 61.4 Å². The molecule has 1 aromatic carbocycles. The van der Waals surface area contributed by atoms with Gasteiger partial charge in [-0.15, -0.1) is 0 Å². The SMILES string of the molecule is Cc1c(C(=O)COc2ccc([N+](=O)[O-])cc2)c(O)n(C(C)C)c(=O)c1C#N. The number of aromatic nitrogens is 1. The molecule has 1 heterocycles. The van der Waals surface area contributed by atoms with Crippen LogP contribution < -0.4 is 10.3 Å². The number of hydrogen-bond donors (Lipinski definition) is 1. The van der Waals surface area contributed by atoms with Crippen LogP contribution in [0.5, 0.6) is 11.6 Å². The van der Waals surface area contributed by atoms with E-state index in [1.807, 2.05) is 0 Å². The highest BCUT2D eigenvalue weighted by Gasteiger charge is 2.25. The van der Waals surface area contributed by atoms with Crippen LogP contribution >= 0.6 is 0 Å². The van der Waals surface area contributed by atoms with E-state index in [2.05, 4.69) is 0 Å². The zero-order valence-electron chi connectivity index (χ0n) is 14.9. The molecule has 27 heavy (non-hydrogen) atoms. The third kappa shape index (κ3) is 3.79. The number of ketones is 1. The van der Waals surface area contributed by atoms with Crippen LogP contribution in [-0.4, -0.2) is 27.0 Å². The highest BCUT2D eigenvalue weighted by Crippen LogP contribution is 2.25. The molecule has 2 aromatic rings. The number of pyridine rings is 1. The van der Waals surface area contributed by atoms with Gasteiger partial charge in [-0.1, -0.05) is 0 Å². The first-order chi connectivity index (χ1) is 12.7. The molecule has 0 saturated heterocycles. The van der Waals surface area contributed by atoms with Crippen LogP contribution in [0.25, 0.3) is 0 Å². The van der Waals surface area contributed by atoms with Gasteiger partial charge >= 0.3 is 0 Å². The molecule has 0 fully saturated rings. The zero-order valence-corrected chi connectivity index (χ0v) is 14.9. The Balaban J connectivity index is 2.36. The molecular weight excluding hydrogens is 354 g/mol. The number of ether oxygens (including phenoxy) is 1. The monoisotopic (exact) mass is 371 g/mol. The van der Waals surface area contributed by atoms with Gasteiger partial charge in [0.25, 0.3) is 11.2 Å². The second kappa shape index (κ2) is 7.70. The van der Waals surface area contributed by atoms with Crippen LogP contribution in [0.3, 0.4) is 0 Å². The fourth-order valence-electron chi connectivity index (χ4n) is 2.62. The van der Waals surface area contributed by atoms with Crippen LogP contribution in [0, 0.1) is 28.4 Å². The molecule has 0 radical (unpaired) electrons. The van der Waals surface area contributed by atoms with E-state index in [1.54, 1.807) is 19.9 Å². The minimum Gasteiger partial charge on any atom is -0.494 e. The van der Waals surface area contributed by atoms with Crippen molar-refractivity contribution in [3.8, 4) is 17.7 Å². The van der Waals surface area contributed by atoms with Crippen LogP contribution in [0.1, 0.15) is 41.4 Å². The normalized spacial score (nSPS) is 10.5. The molecular formula is C18H17N3O6. The van der Waals surface area contributed by atoms with E-state index in [1.165, 1.54) is 31.2 Å². The highest BCUT2D eigenvalue weighted by molar-refractivity contribution is 6.01. The summed E-state index contributed by atoms with van der Waals surface area (Å²) in [7, 11) is 0. The van der Waals surface area contributed by atoms with Crippen molar-refractivity contribution < 1.29 is 19.6 Å². The number of carbonyl (C=O) groups is 1. The van der Waals surface area contributed by atoms with Crippen molar-refractivity contribution in [2.24, 2.45) is 0 Å². The maximum absolute atomic E-state index is 12.6. The second-order valence-electron chi connectivity index (χ2n) is 6.04. The van der Waals surface area contributed by atoms with Gasteiger partial charge in [0.1, 0.15) is 17.4 Å². The molecule has 140 valence electrons. The zero-order chi connectivity index (χ0) is 20.3. The lowest BCUT2D eigenvalue weighted by atomic mass is 10.0. The number of hydrogen-bond acceptors (Lipinski definition) is 7. The Morgan fingerprint density at radius 3 is 2.44 bits per heavy atom. The molecule has 0 saturated carbocycles. The fourth-order valence-corrected chi connectivity index (χ4v) is 2.62. The first kappa shape index (κ1) is 19.7. The smallest absolute Gasteiger partial charge is 0.271 e. The summed E-state index contributed by atoms with van der Waals surface area (Å²) in [6, 6.07) is 6.45. The van der Waals surface area contributed by atoms with E-state index >= 15 is 0 Å². The van der Waals surface area contributed by atoms with Crippen molar-refractivity contribution in [1.82, 2.24) is 4.57 Å². The van der Waals surface area contributed by atoms with E-state index in [9.17, 15) is 30.1 Å². The molecule has 0 aliphatic heterocycles. The molecule has 9 heteroatoms. The number of nitriles is 1. The van der Waals surface area contributed by atoms with E-state index in [4.69, 9.17) is 4.74 Å². The van der Waals surface area contributed by atoms with Crippen molar-refractivity contribution in [1.29, 1.82) is 5.26 Å². The Kier molecular flexibility index (Phi) is 5.60. The van der Waals surface area contributed by atoms with E-state index in [-0.39, 0.29) is 28.1 Å². The molecule has 0 spiro atoms. The van der Waals surface area contributed by atoms with Crippen molar-refractivity contribution in [2.75, 3.05) is 6.61 Å². The fraction of sp³-hybridized carbons (Fsp3) is 0.278. The Morgan fingerprint density at radius 2 is 1.96 bits per heavy atom. The Bertz CT molecular complexity index is 1000. The van der Waals surface area contributed by atoms with Gasteiger partial charge in [-0.2, -0.15) is 5.26 Å². The molecule has 0 aliphatic carbocycles. The minimum atomic E-state index is -0.671. The summed E-state index contributed by atoms with van der Waals surface area (Å²) in [5.41, 5.74) is -1.10. The van der Waals surface area contributed by atoms with Gasteiger partial charge in [-0.05, 0) is 38.5 Å². The lowest BCUT2D eigenvalue weighted by molar-refractivity contribution is -0.384. The predicted molar refractivity (Wildman–Crippen MR) is 95.1 cm³/mol. The number of benzene rings is 1. The molecule has 2 rings (SSSR count).